The number of pyridine rings is 1. The van der Waals surface area contributed by atoms with Crippen LogP contribution in [0.4, 0.5) is 11.4 Å². The zero-order chi connectivity index (χ0) is 20.5. The Labute approximate surface area is 170 Å². The molecule has 0 aliphatic carbocycles. The smallest absolute Gasteiger partial charge is 0.340 e. The van der Waals surface area contributed by atoms with Gasteiger partial charge in [-0.05, 0) is 31.2 Å². The molecular formula is C21H26N4O4. The summed E-state index contributed by atoms with van der Waals surface area (Å²) in [5.74, 6) is -0.633. The van der Waals surface area contributed by atoms with Gasteiger partial charge in [0.2, 0.25) is 0 Å². The molecule has 29 heavy (non-hydrogen) atoms. The van der Waals surface area contributed by atoms with Crippen LogP contribution in [0.15, 0.2) is 42.6 Å². The lowest BCUT2D eigenvalue weighted by molar-refractivity contribution is 0.0383. The summed E-state index contributed by atoms with van der Waals surface area (Å²) in [7, 11) is 0. The summed E-state index contributed by atoms with van der Waals surface area (Å²) in [6.45, 7) is 6.62. The van der Waals surface area contributed by atoms with E-state index in [-0.39, 0.29) is 5.91 Å². The lowest BCUT2D eigenvalue weighted by Crippen LogP contribution is -2.41. The number of para-hydroxylation sites is 1. The number of carbonyl (C=O) groups is 2. The van der Waals surface area contributed by atoms with Crippen molar-refractivity contribution in [1.82, 2.24) is 15.2 Å². The van der Waals surface area contributed by atoms with E-state index in [0.29, 0.717) is 35.8 Å². The second kappa shape index (κ2) is 10.5. The van der Waals surface area contributed by atoms with E-state index in [1.54, 1.807) is 43.5 Å². The summed E-state index contributed by atoms with van der Waals surface area (Å²) in [4.78, 5) is 31.0. The molecule has 2 aromatic rings. The van der Waals surface area contributed by atoms with E-state index in [0.717, 1.165) is 32.8 Å². The number of nitrogens with zero attached hydrogens (tertiary/aromatic N) is 2. The van der Waals surface area contributed by atoms with E-state index in [9.17, 15) is 9.59 Å². The van der Waals surface area contributed by atoms with Crippen molar-refractivity contribution in [3.05, 3.63) is 53.9 Å². The Morgan fingerprint density at radius 3 is 2.79 bits per heavy atom. The molecule has 2 N–H and O–H groups in total. The van der Waals surface area contributed by atoms with E-state index < -0.39 is 5.97 Å². The van der Waals surface area contributed by atoms with Gasteiger partial charge in [-0.25, -0.2) is 4.79 Å². The zero-order valence-corrected chi connectivity index (χ0v) is 16.5. The molecule has 1 aliphatic heterocycles. The van der Waals surface area contributed by atoms with Crippen LogP contribution in [-0.4, -0.2) is 67.8 Å². The highest BCUT2D eigenvalue weighted by Gasteiger charge is 2.14. The van der Waals surface area contributed by atoms with Crippen LogP contribution in [0.3, 0.4) is 0 Å². The predicted molar refractivity (Wildman–Crippen MR) is 110 cm³/mol. The Morgan fingerprint density at radius 1 is 1.21 bits per heavy atom. The SMILES string of the molecule is CCOC(=O)c1ccccc1Nc1ccnc(C(=O)NCCN2CCOCC2)c1. The molecule has 0 saturated carbocycles. The van der Waals surface area contributed by atoms with Crippen LogP contribution in [0, 0.1) is 0 Å². The van der Waals surface area contributed by atoms with Gasteiger partial charge in [0, 0.05) is 38.1 Å². The molecule has 8 heteroatoms. The molecule has 0 spiro atoms. The Kier molecular flexibility index (Phi) is 7.54. The Morgan fingerprint density at radius 2 is 2.00 bits per heavy atom. The molecule has 154 valence electrons. The molecule has 1 aromatic heterocycles. The average Bonchev–Trinajstić information content (AvgIpc) is 2.75. The fourth-order valence-electron chi connectivity index (χ4n) is 3.01. The van der Waals surface area contributed by atoms with E-state index in [1.807, 2.05) is 6.07 Å². The Hall–Kier alpha value is -2.97. The van der Waals surface area contributed by atoms with Gasteiger partial charge in [0.25, 0.3) is 5.91 Å². The molecule has 0 unspecified atom stereocenters. The van der Waals surface area contributed by atoms with Crippen LogP contribution >= 0.6 is 0 Å². The first kappa shape index (κ1) is 20.8. The number of hydrogen-bond donors (Lipinski definition) is 2. The number of morpholine rings is 1. The maximum atomic E-state index is 12.4. The van der Waals surface area contributed by atoms with E-state index >= 15 is 0 Å². The van der Waals surface area contributed by atoms with Crippen molar-refractivity contribution in [1.29, 1.82) is 0 Å². The molecule has 1 fully saturated rings. The first-order valence-corrected chi connectivity index (χ1v) is 9.75. The summed E-state index contributed by atoms with van der Waals surface area (Å²) in [5.41, 5.74) is 2.01. The van der Waals surface area contributed by atoms with Gasteiger partial charge < -0.3 is 20.1 Å². The second-order valence-electron chi connectivity index (χ2n) is 6.53. The van der Waals surface area contributed by atoms with Crippen molar-refractivity contribution in [2.45, 2.75) is 6.92 Å². The standard InChI is InChI=1S/C21H26N4O4/c1-2-29-21(27)17-5-3-4-6-18(17)24-16-7-8-22-19(15-16)20(26)23-9-10-25-11-13-28-14-12-25/h3-8,15H,2,9-14H2,1H3,(H,22,24)(H,23,26). The third-order valence-electron chi connectivity index (χ3n) is 4.51. The number of esters is 1. The molecule has 1 saturated heterocycles. The summed E-state index contributed by atoms with van der Waals surface area (Å²) in [5, 5.41) is 6.07. The van der Waals surface area contributed by atoms with Gasteiger partial charge in [0.05, 0.1) is 31.1 Å². The molecule has 8 nitrogen and oxygen atoms in total. The van der Waals surface area contributed by atoms with Crippen molar-refractivity contribution in [3.8, 4) is 0 Å². The topological polar surface area (TPSA) is 92.8 Å². The zero-order valence-electron chi connectivity index (χ0n) is 16.5. The second-order valence-corrected chi connectivity index (χ2v) is 6.53. The highest BCUT2D eigenvalue weighted by atomic mass is 16.5. The fraction of sp³-hybridized carbons (Fsp3) is 0.381. The summed E-state index contributed by atoms with van der Waals surface area (Å²) in [6.07, 6.45) is 1.56. The fourth-order valence-corrected chi connectivity index (χ4v) is 3.01. The van der Waals surface area contributed by atoms with Crippen LogP contribution in [0.25, 0.3) is 0 Å². The number of aromatic nitrogens is 1. The van der Waals surface area contributed by atoms with Crippen molar-refractivity contribution in [2.75, 3.05) is 51.3 Å². The van der Waals surface area contributed by atoms with Gasteiger partial charge in [0.1, 0.15) is 5.69 Å². The summed E-state index contributed by atoms with van der Waals surface area (Å²) < 4.78 is 10.4. The van der Waals surface area contributed by atoms with Crippen molar-refractivity contribution >= 4 is 23.3 Å². The average molecular weight is 398 g/mol. The number of ether oxygens (including phenoxy) is 2. The van der Waals surface area contributed by atoms with Crippen molar-refractivity contribution in [3.63, 3.8) is 0 Å². The minimum absolute atomic E-state index is 0.236. The van der Waals surface area contributed by atoms with Crippen molar-refractivity contribution < 1.29 is 19.1 Å². The predicted octanol–water partition coefficient (Wildman–Crippen LogP) is 2.06. The van der Waals surface area contributed by atoms with Crippen LogP contribution < -0.4 is 10.6 Å². The highest BCUT2D eigenvalue weighted by molar-refractivity contribution is 5.97. The van der Waals surface area contributed by atoms with Gasteiger partial charge in [-0.2, -0.15) is 0 Å². The molecule has 0 bridgehead atoms. The van der Waals surface area contributed by atoms with E-state index in [2.05, 4.69) is 20.5 Å². The van der Waals surface area contributed by atoms with E-state index in [1.165, 1.54) is 0 Å². The van der Waals surface area contributed by atoms with Crippen molar-refractivity contribution in [2.24, 2.45) is 0 Å². The van der Waals surface area contributed by atoms with E-state index in [4.69, 9.17) is 9.47 Å². The van der Waals surface area contributed by atoms with Gasteiger partial charge in [-0.15, -0.1) is 0 Å². The molecule has 0 radical (unpaired) electrons. The Balaban J connectivity index is 1.61. The van der Waals surface area contributed by atoms with Gasteiger partial charge in [-0.1, -0.05) is 12.1 Å². The summed E-state index contributed by atoms with van der Waals surface area (Å²) in [6, 6.07) is 10.5. The highest BCUT2D eigenvalue weighted by Crippen LogP contribution is 2.22. The number of anilines is 2. The lowest BCUT2D eigenvalue weighted by Gasteiger charge is -2.26. The molecule has 1 aliphatic rings. The van der Waals surface area contributed by atoms with Crippen LogP contribution in [0.2, 0.25) is 0 Å². The minimum Gasteiger partial charge on any atom is -0.462 e. The third kappa shape index (κ3) is 6.00. The number of rotatable bonds is 8. The van der Waals surface area contributed by atoms with Gasteiger partial charge >= 0.3 is 5.97 Å². The Bertz CT molecular complexity index is 837. The molecule has 0 atom stereocenters. The number of nitrogens with one attached hydrogen (secondary N) is 2. The maximum Gasteiger partial charge on any atom is 0.340 e. The van der Waals surface area contributed by atoms with Crippen LogP contribution in [-0.2, 0) is 9.47 Å². The number of amides is 1. The van der Waals surface area contributed by atoms with Crippen LogP contribution in [0.1, 0.15) is 27.8 Å². The van der Waals surface area contributed by atoms with Gasteiger partial charge in [0.15, 0.2) is 0 Å². The third-order valence-corrected chi connectivity index (χ3v) is 4.51. The molecule has 1 aromatic carbocycles. The maximum absolute atomic E-state index is 12.4. The number of carbonyl (C=O) groups excluding carboxylic acids is 2. The quantitative estimate of drug-likeness (QED) is 0.658. The van der Waals surface area contributed by atoms with Gasteiger partial charge in [-0.3, -0.25) is 14.7 Å². The normalized spacial score (nSPS) is 14.2. The number of hydrogen-bond acceptors (Lipinski definition) is 7. The lowest BCUT2D eigenvalue weighted by atomic mass is 10.1. The first-order chi connectivity index (χ1) is 14.2. The van der Waals surface area contributed by atoms with Crippen LogP contribution in [0.5, 0.6) is 0 Å². The molecule has 3 rings (SSSR count). The summed E-state index contributed by atoms with van der Waals surface area (Å²) >= 11 is 0. The number of benzene rings is 1. The molecular weight excluding hydrogens is 372 g/mol. The monoisotopic (exact) mass is 398 g/mol. The minimum atomic E-state index is -0.397. The molecule has 2 heterocycles. The molecule has 1 amide bonds. The first-order valence-electron chi connectivity index (χ1n) is 9.75. The largest absolute Gasteiger partial charge is 0.462 e.